The molecule has 1 aliphatic heterocycles. The predicted octanol–water partition coefficient (Wildman–Crippen LogP) is 1.59. The third-order valence-electron chi connectivity index (χ3n) is 4.28. The molecule has 1 unspecified atom stereocenters. The maximum absolute atomic E-state index is 12.4. The van der Waals surface area contributed by atoms with Crippen LogP contribution in [0.2, 0.25) is 0 Å². The van der Waals surface area contributed by atoms with E-state index in [1.54, 1.807) is 18.6 Å². The second kappa shape index (κ2) is 8.18. The lowest BCUT2D eigenvalue weighted by Crippen LogP contribution is -2.43. The van der Waals surface area contributed by atoms with Crippen molar-refractivity contribution in [2.45, 2.75) is 25.7 Å². The van der Waals surface area contributed by atoms with Gasteiger partial charge in [-0.1, -0.05) is 0 Å². The minimum Gasteiger partial charge on any atom is -0.341 e. The molecule has 3 heterocycles. The number of amides is 1. The highest BCUT2D eigenvalue weighted by molar-refractivity contribution is 5.78. The van der Waals surface area contributed by atoms with Crippen LogP contribution in [-0.4, -0.2) is 69.4 Å². The molecule has 2 aromatic heterocycles. The molecule has 1 atom stereocenters. The molecule has 1 aliphatic rings. The highest BCUT2D eigenvalue weighted by Gasteiger charge is 2.27. The Balaban J connectivity index is 1.74. The van der Waals surface area contributed by atoms with E-state index in [0.717, 1.165) is 30.9 Å². The molecule has 0 radical (unpaired) electrons. The van der Waals surface area contributed by atoms with E-state index in [2.05, 4.69) is 25.3 Å². The van der Waals surface area contributed by atoms with E-state index < -0.39 is 0 Å². The Labute approximate surface area is 153 Å². The molecule has 1 fully saturated rings. The second-order valence-corrected chi connectivity index (χ2v) is 6.89. The summed E-state index contributed by atoms with van der Waals surface area (Å²) in [6, 6.07) is 1.88. The van der Waals surface area contributed by atoms with Crippen LogP contribution in [0.5, 0.6) is 0 Å². The van der Waals surface area contributed by atoms with Gasteiger partial charge in [0.1, 0.15) is 17.5 Å². The average Bonchev–Trinajstić information content (AvgIpc) is 2.61. The number of carbonyl (C=O) groups is 1. The summed E-state index contributed by atoms with van der Waals surface area (Å²) >= 11 is 0. The van der Waals surface area contributed by atoms with Crippen LogP contribution in [0.1, 0.15) is 30.3 Å². The maximum Gasteiger partial charge on any atom is 0.236 e. The first-order valence-corrected chi connectivity index (χ1v) is 8.82. The van der Waals surface area contributed by atoms with Crippen molar-refractivity contribution in [3.63, 3.8) is 0 Å². The van der Waals surface area contributed by atoms with Gasteiger partial charge in [0.2, 0.25) is 5.91 Å². The largest absolute Gasteiger partial charge is 0.341 e. The molecule has 0 spiro atoms. The van der Waals surface area contributed by atoms with Gasteiger partial charge < -0.3 is 15.1 Å². The zero-order valence-electron chi connectivity index (χ0n) is 15.5. The molecule has 1 amide bonds. The van der Waals surface area contributed by atoms with Gasteiger partial charge in [-0.2, -0.15) is 0 Å². The number of hydrogen-bond acceptors (Lipinski definition) is 7. The van der Waals surface area contributed by atoms with Gasteiger partial charge in [0.25, 0.3) is 0 Å². The topological polar surface area (TPSA) is 87.1 Å². The molecule has 3 rings (SSSR count). The first kappa shape index (κ1) is 18.2. The number of likely N-dealkylation sites (N-methyl/N-ethyl adjacent to an activating group) is 1. The molecule has 0 aromatic carbocycles. The van der Waals surface area contributed by atoms with Crippen molar-refractivity contribution in [1.29, 1.82) is 0 Å². The number of rotatable bonds is 5. The van der Waals surface area contributed by atoms with Gasteiger partial charge in [-0.25, -0.2) is 15.0 Å². The fourth-order valence-electron chi connectivity index (χ4n) is 3.12. The molecule has 1 saturated heterocycles. The Morgan fingerprint density at radius 1 is 1.31 bits per heavy atom. The highest BCUT2D eigenvalue weighted by atomic mass is 16.2. The van der Waals surface area contributed by atoms with Gasteiger partial charge >= 0.3 is 0 Å². The van der Waals surface area contributed by atoms with Gasteiger partial charge in [0, 0.05) is 43.2 Å². The van der Waals surface area contributed by atoms with Crippen LogP contribution in [0.25, 0.3) is 0 Å². The normalized spacial score (nSPS) is 17.4. The van der Waals surface area contributed by atoms with Crippen molar-refractivity contribution in [2.24, 2.45) is 0 Å². The lowest BCUT2D eigenvalue weighted by Gasteiger charge is -2.33. The van der Waals surface area contributed by atoms with E-state index in [0.29, 0.717) is 24.7 Å². The predicted molar refractivity (Wildman–Crippen MR) is 99.2 cm³/mol. The van der Waals surface area contributed by atoms with Crippen molar-refractivity contribution >= 4 is 17.5 Å². The van der Waals surface area contributed by atoms with Crippen LogP contribution >= 0.6 is 0 Å². The third kappa shape index (κ3) is 4.72. The van der Waals surface area contributed by atoms with E-state index in [-0.39, 0.29) is 11.8 Å². The minimum atomic E-state index is 0.150. The second-order valence-electron chi connectivity index (χ2n) is 6.89. The Hall–Kier alpha value is -2.61. The molecule has 0 bridgehead atoms. The number of piperidine rings is 1. The maximum atomic E-state index is 12.4. The summed E-state index contributed by atoms with van der Waals surface area (Å²) < 4.78 is 0. The number of aromatic nitrogens is 4. The van der Waals surface area contributed by atoms with E-state index in [1.165, 1.54) is 0 Å². The zero-order valence-corrected chi connectivity index (χ0v) is 15.5. The molecule has 26 heavy (non-hydrogen) atoms. The van der Waals surface area contributed by atoms with E-state index >= 15 is 0 Å². The van der Waals surface area contributed by atoms with Crippen molar-refractivity contribution in [3.8, 4) is 0 Å². The molecule has 0 saturated carbocycles. The average molecular weight is 355 g/mol. The monoisotopic (exact) mass is 355 g/mol. The Morgan fingerprint density at radius 2 is 2.15 bits per heavy atom. The molecule has 2 aromatic rings. The Morgan fingerprint density at radius 3 is 2.88 bits per heavy atom. The fraction of sp³-hybridized carbons (Fsp3) is 0.500. The first-order valence-electron chi connectivity index (χ1n) is 8.82. The minimum absolute atomic E-state index is 0.150. The smallest absolute Gasteiger partial charge is 0.236 e. The number of nitrogens with one attached hydrogen (secondary N) is 1. The van der Waals surface area contributed by atoms with Crippen molar-refractivity contribution in [1.82, 2.24) is 29.7 Å². The lowest BCUT2D eigenvalue weighted by molar-refractivity contribution is -0.133. The Kier molecular flexibility index (Phi) is 5.72. The van der Waals surface area contributed by atoms with Crippen LogP contribution in [0.4, 0.5) is 11.6 Å². The van der Waals surface area contributed by atoms with Crippen molar-refractivity contribution in [2.75, 3.05) is 39.0 Å². The summed E-state index contributed by atoms with van der Waals surface area (Å²) in [7, 11) is 3.82. The summed E-state index contributed by atoms with van der Waals surface area (Å²) in [6.07, 6.45) is 6.86. The number of hydrogen-bond donors (Lipinski definition) is 1. The molecular weight excluding hydrogens is 330 g/mol. The molecule has 138 valence electrons. The van der Waals surface area contributed by atoms with Crippen molar-refractivity contribution in [3.05, 3.63) is 36.2 Å². The number of carbonyl (C=O) groups excluding carboxylic acids is 1. The summed E-state index contributed by atoms with van der Waals surface area (Å²) in [5.41, 5.74) is 0.887. The van der Waals surface area contributed by atoms with Crippen LogP contribution in [0, 0.1) is 6.92 Å². The first-order chi connectivity index (χ1) is 12.5. The third-order valence-corrected chi connectivity index (χ3v) is 4.28. The summed E-state index contributed by atoms with van der Waals surface area (Å²) in [5.74, 6) is 2.42. The summed E-state index contributed by atoms with van der Waals surface area (Å²) in [6.45, 7) is 3.85. The van der Waals surface area contributed by atoms with Crippen LogP contribution < -0.4 is 5.32 Å². The highest BCUT2D eigenvalue weighted by Crippen LogP contribution is 2.26. The quantitative estimate of drug-likeness (QED) is 0.871. The molecular formula is C18H25N7O. The molecule has 8 nitrogen and oxygen atoms in total. The van der Waals surface area contributed by atoms with E-state index in [4.69, 9.17) is 0 Å². The van der Waals surface area contributed by atoms with Gasteiger partial charge in [0.05, 0.1) is 12.7 Å². The van der Waals surface area contributed by atoms with E-state index in [9.17, 15) is 4.79 Å². The van der Waals surface area contributed by atoms with Gasteiger partial charge in [-0.05, 0) is 33.9 Å². The standard InChI is InChI=1S/C18H25N7O/c1-13-9-15(22-16-10-19-6-7-20-16)23-18(21-13)14-5-4-8-25(11-14)17(26)12-24(2)3/h6-7,9-10,14H,4-5,8,11-12H2,1-3H3,(H,20,21,22,23). The van der Waals surface area contributed by atoms with Gasteiger partial charge in [-0.15, -0.1) is 0 Å². The number of aryl methyl sites for hydroxylation is 1. The van der Waals surface area contributed by atoms with Crippen LogP contribution in [0.15, 0.2) is 24.7 Å². The molecule has 8 heteroatoms. The van der Waals surface area contributed by atoms with Crippen LogP contribution in [-0.2, 0) is 4.79 Å². The summed E-state index contributed by atoms with van der Waals surface area (Å²) in [5, 5.41) is 3.17. The lowest BCUT2D eigenvalue weighted by atomic mass is 9.97. The summed E-state index contributed by atoms with van der Waals surface area (Å²) in [4.78, 5) is 33.8. The van der Waals surface area contributed by atoms with Gasteiger partial charge in [0.15, 0.2) is 0 Å². The number of likely N-dealkylation sites (tertiary alicyclic amines) is 1. The SMILES string of the molecule is Cc1cc(Nc2cnccn2)nc(C2CCCN(C(=O)CN(C)C)C2)n1. The van der Waals surface area contributed by atoms with Crippen LogP contribution in [0.3, 0.4) is 0 Å². The fourth-order valence-corrected chi connectivity index (χ4v) is 3.12. The molecule has 1 N–H and O–H groups in total. The Bertz CT molecular complexity index is 750. The molecule has 0 aliphatic carbocycles. The number of anilines is 2. The number of nitrogens with zero attached hydrogens (tertiary/aromatic N) is 6. The van der Waals surface area contributed by atoms with Gasteiger partial charge in [-0.3, -0.25) is 9.78 Å². The van der Waals surface area contributed by atoms with Crippen molar-refractivity contribution < 1.29 is 4.79 Å². The van der Waals surface area contributed by atoms with E-state index in [1.807, 2.05) is 36.9 Å². The zero-order chi connectivity index (χ0) is 18.5.